The minimum absolute atomic E-state index is 0.0154. The number of pyridine rings is 1. The second-order valence-corrected chi connectivity index (χ2v) is 5.15. The van der Waals surface area contributed by atoms with E-state index in [2.05, 4.69) is 15.2 Å². The van der Waals surface area contributed by atoms with Gasteiger partial charge in [-0.05, 0) is 18.1 Å². The van der Waals surface area contributed by atoms with Crippen molar-refractivity contribution in [3.8, 4) is 0 Å². The lowest BCUT2D eigenvalue weighted by Crippen LogP contribution is -2.36. The van der Waals surface area contributed by atoms with Crippen LogP contribution in [0.1, 0.15) is 20.3 Å². The molecule has 1 saturated heterocycles. The number of amides is 1. The van der Waals surface area contributed by atoms with Gasteiger partial charge < -0.3 is 15.0 Å². The zero-order valence-corrected chi connectivity index (χ0v) is 11.6. The molecule has 19 heavy (non-hydrogen) atoms. The topological polar surface area (TPSA) is 54.5 Å². The lowest BCUT2D eigenvalue weighted by Gasteiger charge is -2.28. The Hall–Kier alpha value is -1.62. The Morgan fingerprint density at radius 2 is 2.16 bits per heavy atom. The molecular weight excluding hydrogens is 242 g/mol. The van der Waals surface area contributed by atoms with E-state index in [1.54, 1.807) is 6.20 Å². The molecule has 1 aliphatic heterocycles. The molecule has 0 aliphatic carbocycles. The summed E-state index contributed by atoms with van der Waals surface area (Å²) in [6, 6.07) is 3.84. The number of carbonyl (C=O) groups is 1. The summed E-state index contributed by atoms with van der Waals surface area (Å²) < 4.78 is 5.32. The van der Waals surface area contributed by atoms with Gasteiger partial charge in [0.15, 0.2) is 0 Å². The minimum Gasteiger partial charge on any atom is -0.378 e. The number of nitrogens with one attached hydrogen (secondary N) is 1. The predicted octanol–water partition coefficient (Wildman–Crippen LogP) is 1.90. The maximum atomic E-state index is 11.6. The van der Waals surface area contributed by atoms with Gasteiger partial charge in [0.25, 0.3) is 0 Å². The standard InChI is InChI=1S/C14H21N3O2/c1-11(2)9-14(18)16-13-4-3-12(10-15-13)17-5-7-19-8-6-17/h3-4,10-11H,5-9H2,1-2H3,(H,15,16,18). The molecule has 5 nitrogen and oxygen atoms in total. The fourth-order valence-corrected chi connectivity index (χ4v) is 2.03. The molecule has 1 aliphatic rings. The first-order chi connectivity index (χ1) is 9.15. The molecule has 1 aromatic rings. The molecule has 104 valence electrons. The van der Waals surface area contributed by atoms with Gasteiger partial charge in [-0.2, -0.15) is 0 Å². The van der Waals surface area contributed by atoms with Crippen LogP contribution in [0, 0.1) is 5.92 Å². The highest BCUT2D eigenvalue weighted by Crippen LogP contribution is 2.16. The number of ether oxygens (including phenoxy) is 1. The van der Waals surface area contributed by atoms with Crippen LogP contribution in [-0.2, 0) is 9.53 Å². The Balaban J connectivity index is 1.92. The van der Waals surface area contributed by atoms with Crippen molar-refractivity contribution in [2.24, 2.45) is 5.92 Å². The first-order valence-corrected chi connectivity index (χ1v) is 6.74. The molecule has 5 heteroatoms. The van der Waals surface area contributed by atoms with Crippen LogP contribution in [0.15, 0.2) is 18.3 Å². The van der Waals surface area contributed by atoms with Crippen molar-refractivity contribution < 1.29 is 9.53 Å². The van der Waals surface area contributed by atoms with E-state index in [1.165, 1.54) is 0 Å². The van der Waals surface area contributed by atoms with E-state index in [-0.39, 0.29) is 5.91 Å². The van der Waals surface area contributed by atoms with Crippen LogP contribution < -0.4 is 10.2 Å². The number of aromatic nitrogens is 1. The summed E-state index contributed by atoms with van der Waals surface area (Å²) in [5, 5.41) is 2.81. The quantitative estimate of drug-likeness (QED) is 0.901. The first-order valence-electron chi connectivity index (χ1n) is 6.74. The van der Waals surface area contributed by atoms with Crippen LogP contribution in [0.5, 0.6) is 0 Å². The smallest absolute Gasteiger partial charge is 0.225 e. The molecular formula is C14H21N3O2. The number of nitrogens with zero attached hydrogens (tertiary/aromatic N) is 2. The monoisotopic (exact) mass is 263 g/mol. The Bertz CT molecular complexity index is 411. The highest BCUT2D eigenvalue weighted by molar-refractivity contribution is 5.89. The van der Waals surface area contributed by atoms with E-state index in [9.17, 15) is 4.79 Å². The van der Waals surface area contributed by atoms with Gasteiger partial charge in [0, 0.05) is 19.5 Å². The van der Waals surface area contributed by atoms with Crippen LogP contribution in [0.4, 0.5) is 11.5 Å². The summed E-state index contributed by atoms with van der Waals surface area (Å²) in [4.78, 5) is 18.2. The summed E-state index contributed by atoms with van der Waals surface area (Å²) in [5.41, 5.74) is 1.07. The normalized spacial score (nSPS) is 15.6. The summed E-state index contributed by atoms with van der Waals surface area (Å²) in [7, 11) is 0. The molecule has 0 aromatic carbocycles. The van der Waals surface area contributed by atoms with E-state index in [4.69, 9.17) is 4.74 Å². The number of rotatable bonds is 4. The molecule has 1 aromatic heterocycles. The molecule has 1 fully saturated rings. The van der Waals surface area contributed by atoms with Gasteiger partial charge in [0.05, 0.1) is 25.1 Å². The van der Waals surface area contributed by atoms with Crippen molar-refractivity contribution in [2.75, 3.05) is 36.5 Å². The Kier molecular flexibility index (Phi) is 4.74. The summed E-state index contributed by atoms with van der Waals surface area (Å²) in [5.74, 6) is 0.983. The van der Waals surface area contributed by atoms with Crippen LogP contribution in [0.2, 0.25) is 0 Å². The van der Waals surface area contributed by atoms with E-state index in [0.717, 1.165) is 32.0 Å². The van der Waals surface area contributed by atoms with Gasteiger partial charge in [0.2, 0.25) is 5.91 Å². The zero-order valence-electron chi connectivity index (χ0n) is 11.6. The van der Waals surface area contributed by atoms with Crippen molar-refractivity contribution in [1.82, 2.24) is 4.98 Å². The van der Waals surface area contributed by atoms with Crippen molar-refractivity contribution in [3.05, 3.63) is 18.3 Å². The molecule has 2 rings (SSSR count). The third kappa shape index (κ3) is 4.21. The highest BCUT2D eigenvalue weighted by Gasteiger charge is 2.12. The molecule has 0 atom stereocenters. The molecule has 2 heterocycles. The summed E-state index contributed by atoms with van der Waals surface area (Å²) >= 11 is 0. The van der Waals surface area contributed by atoms with Gasteiger partial charge in [-0.1, -0.05) is 13.8 Å². The second-order valence-electron chi connectivity index (χ2n) is 5.15. The third-order valence-electron chi connectivity index (χ3n) is 2.99. The summed E-state index contributed by atoms with van der Waals surface area (Å²) in [6.45, 7) is 7.34. The first kappa shape index (κ1) is 13.8. The molecule has 0 spiro atoms. The van der Waals surface area contributed by atoms with Gasteiger partial charge in [-0.3, -0.25) is 4.79 Å². The Morgan fingerprint density at radius 3 is 2.74 bits per heavy atom. The lowest BCUT2D eigenvalue weighted by molar-refractivity contribution is -0.116. The second kappa shape index (κ2) is 6.52. The minimum atomic E-state index is 0.0154. The number of hydrogen-bond acceptors (Lipinski definition) is 4. The maximum Gasteiger partial charge on any atom is 0.225 e. The van der Waals surface area contributed by atoms with Gasteiger partial charge in [-0.15, -0.1) is 0 Å². The maximum absolute atomic E-state index is 11.6. The fourth-order valence-electron chi connectivity index (χ4n) is 2.03. The SMILES string of the molecule is CC(C)CC(=O)Nc1ccc(N2CCOCC2)cn1. The Morgan fingerprint density at radius 1 is 1.42 bits per heavy atom. The number of morpholine rings is 1. The van der Waals surface area contributed by atoms with Crippen molar-refractivity contribution in [1.29, 1.82) is 0 Å². The van der Waals surface area contributed by atoms with E-state index in [0.29, 0.717) is 18.2 Å². The molecule has 0 bridgehead atoms. The van der Waals surface area contributed by atoms with E-state index in [1.807, 2.05) is 26.0 Å². The Labute approximate surface area is 114 Å². The number of anilines is 2. The molecule has 0 radical (unpaired) electrons. The van der Waals surface area contributed by atoms with Crippen molar-refractivity contribution >= 4 is 17.4 Å². The number of hydrogen-bond donors (Lipinski definition) is 1. The third-order valence-corrected chi connectivity index (χ3v) is 2.99. The molecule has 0 saturated carbocycles. The molecule has 1 amide bonds. The highest BCUT2D eigenvalue weighted by atomic mass is 16.5. The molecule has 1 N–H and O–H groups in total. The van der Waals surface area contributed by atoms with Gasteiger partial charge >= 0.3 is 0 Å². The van der Waals surface area contributed by atoms with Crippen LogP contribution in [0.25, 0.3) is 0 Å². The zero-order chi connectivity index (χ0) is 13.7. The average Bonchev–Trinajstić information content (AvgIpc) is 2.39. The lowest BCUT2D eigenvalue weighted by atomic mass is 10.1. The predicted molar refractivity (Wildman–Crippen MR) is 75.4 cm³/mol. The van der Waals surface area contributed by atoms with Crippen LogP contribution >= 0.6 is 0 Å². The summed E-state index contributed by atoms with van der Waals surface area (Å²) in [6.07, 6.45) is 2.32. The van der Waals surface area contributed by atoms with Gasteiger partial charge in [-0.25, -0.2) is 4.98 Å². The molecule has 0 unspecified atom stereocenters. The largest absolute Gasteiger partial charge is 0.378 e. The van der Waals surface area contributed by atoms with E-state index >= 15 is 0 Å². The van der Waals surface area contributed by atoms with Crippen molar-refractivity contribution in [2.45, 2.75) is 20.3 Å². The fraction of sp³-hybridized carbons (Fsp3) is 0.571. The average molecular weight is 263 g/mol. The van der Waals surface area contributed by atoms with Crippen LogP contribution in [0.3, 0.4) is 0 Å². The van der Waals surface area contributed by atoms with Gasteiger partial charge in [0.1, 0.15) is 5.82 Å². The van der Waals surface area contributed by atoms with Crippen LogP contribution in [-0.4, -0.2) is 37.2 Å². The number of carbonyl (C=O) groups excluding carboxylic acids is 1. The van der Waals surface area contributed by atoms with E-state index < -0.39 is 0 Å². The van der Waals surface area contributed by atoms with Crippen molar-refractivity contribution in [3.63, 3.8) is 0 Å².